The molecule has 21 heavy (non-hydrogen) atoms. The molecule has 2 rings (SSSR count). The van der Waals surface area contributed by atoms with Crippen molar-refractivity contribution in [2.45, 2.75) is 32.1 Å². The maximum absolute atomic E-state index is 9.98. The maximum atomic E-state index is 9.98. The fourth-order valence-electron chi connectivity index (χ4n) is 3.18. The first-order chi connectivity index (χ1) is 10.1. The van der Waals surface area contributed by atoms with Crippen molar-refractivity contribution in [3.8, 4) is 0 Å². The van der Waals surface area contributed by atoms with Crippen LogP contribution in [-0.2, 0) is 6.42 Å². The van der Waals surface area contributed by atoms with E-state index in [0.29, 0.717) is 0 Å². The molecule has 1 fully saturated rings. The minimum absolute atomic E-state index is 0.0560. The molecule has 0 aromatic heterocycles. The number of aliphatic hydroxyl groups is 1. The highest BCUT2D eigenvalue weighted by Crippen LogP contribution is 2.35. The Balaban J connectivity index is 2.43. The number of rotatable bonds is 6. The second kappa shape index (κ2) is 6.77. The van der Waals surface area contributed by atoms with Crippen LogP contribution in [0.1, 0.15) is 42.4 Å². The van der Waals surface area contributed by atoms with Gasteiger partial charge in [0.25, 0.3) is 0 Å². The van der Waals surface area contributed by atoms with Crippen LogP contribution in [0.4, 0.5) is 0 Å². The van der Waals surface area contributed by atoms with Crippen molar-refractivity contribution in [2.75, 3.05) is 13.2 Å². The molecular weight excluding hydrogens is 258 g/mol. The predicted octanol–water partition coefficient (Wildman–Crippen LogP) is 4.09. The third kappa shape index (κ3) is 2.96. The average molecular weight is 283 g/mol. The summed E-state index contributed by atoms with van der Waals surface area (Å²) in [4.78, 5) is 2.17. The number of hydrogen-bond donors (Lipinski definition) is 1. The average Bonchev–Trinajstić information content (AvgIpc) is 2.94. The van der Waals surface area contributed by atoms with Crippen molar-refractivity contribution in [3.05, 3.63) is 66.0 Å². The van der Waals surface area contributed by atoms with E-state index in [1.807, 2.05) is 12.1 Å². The Morgan fingerprint density at radius 2 is 2.24 bits per heavy atom. The summed E-state index contributed by atoms with van der Waals surface area (Å²) in [5, 5.41) is 9.98. The summed E-state index contributed by atoms with van der Waals surface area (Å²) < 4.78 is 0. The van der Waals surface area contributed by atoms with Crippen molar-refractivity contribution in [1.29, 1.82) is 0 Å². The fraction of sp³-hybridized carbons (Fsp3) is 0.368. The van der Waals surface area contributed by atoms with Gasteiger partial charge >= 0.3 is 0 Å². The Kier molecular flexibility index (Phi) is 5.03. The largest absolute Gasteiger partial charge is 0.395 e. The van der Waals surface area contributed by atoms with Crippen molar-refractivity contribution < 1.29 is 5.11 Å². The maximum Gasteiger partial charge on any atom is 0.0555 e. The molecule has 112 valence electrons. The van der Waals surface area contributed by atoms with Gasteiger partial charge in [-0.1, -0.05) is 50.9 Å². The third-order valence-electron chi connectivity index (χ3n) is 4.34. The molecular formula is C19H25NO. The highest BCUT2D eigenvalue weighted by molar-refractivity contribution is 5.57. The van der Waals surface area contributed by atoms with Gasteiger partial charge in [0.15, 0.2) is 0 Å². The normalized spacial score (nSPS) is 16.1. The second-order valence-electron chi connectivity index (χ2n) is 5.53. The zero-order valence-corrected chi connectivity index (χ0v) is 12.9. The molecule has 1 unspecified atom stereocenters. The van der Waals surface area contributed by atoms with E-state index in [2.05, 4.69) is 43.7 Å². The first kappa shape index (κ1) is 15.6. The van der Waals surface area contributed by atoms with Crippen molar-refractivity contribution in [1.82, 2.24) is 4.90 Å². The molecule has 1 aliphatic rings. The molecule has 0 spiro atoms. The van der Waals surface area contributed by atoms with Crippen LogP contribution in [-0.4, -0.2) is 23.2 Å². The summed E-state index contributed by atoms with van der Waals surface area (Å²) in [5.74, 6) is -0.0935. The van der Waals surface area contributed by atoms with E-state index in [4.69, 9.17) is 0 Å². The quantitative estimate of drug-likeness (QED) is 0.850. The first-order valence-corrected chi connectivity index (χ1v) is 7.63. The molecule has 0 radical (unpaired) electrons. The Labute approximate surface area is 128 Å². The molecule has 0 amide bonds. The van der Waals surface area contributed by atoms with Gasteiger partial charge < -0.3 is 10.0 Å². The molecule has 2 nitrogen and oxygen atoms in total. The van der Waals surface area contributed by atoms with E-state index in [0.717, 1.165) is 48.3 Å². The molecule has 2 heteroatoms. The Hall–Kier alpha value is -1.80. The van der Waals surface area contributed by atoms with Gasteiger partial charge in [-0.25, -0.2) is 0 Å². The predicted molar refractivity (Wildman–Crippen MR) is 90.0 cm³/mol. The first-order valence-electron chi connectivity index (χ1n) is 7.63. The van der Waals surface area contributed by atoms with Gasteiger partial charge in [-0.05, 0) is 36.0 Å². The molecule has 0 bridgehead atoms. The molecule has 1 N–H and O–H groups in total. The number of aliphatic hydroxyl groups excluding tert-OH is 1. The smallest absolute Gasteiger partial charge is 0.0555 e. The minimum Gasteiger partial charge on any atom is -0.395 e. The number of hydrogen-bond acceptors (Lipinski definition) is 2. The molecule has 1 aliphatic heterocycles. The van der Waals surface area contributed by atoms with Crippen LogP contribution < -0.4 is 0 Å². The second-order valence-corrected chi connectivity index (χ2v) is 5.53. The van der Waals surface area contributed by atoms with Crippen LogP contribution in [0.5, 0.6) is 0 Å². The van der Waals surface area contributed by atoms with Gasteiger partial charge in [0.05, 0.1) is 6.61 Å². The van der Waals surface area contributed by atoms with Gasteiger partial charge in [0, 0.05) is 23.9 Å². The van der Waals surface area contributed by atoms with Crippen molar-refractivity contribution in [2.24, 2.45) is 0 Å². The molecule has 0 saturated carbocycles. The minimum atomic E-state index is -0.0935. The highest BCUT2D eigenvalue weighted by Gasteiger charge is 2.26. The van der Waals surface area contributed by atoms with Gasteiger partial charge in [0.2, 0.25) is 0 Å². The van der Waals surface area contributed by atoms with Crippen LogP contribution >= 0.6 is 0 Å². The summed E-state index contributed by atoms with van der Waals surface area (Å²) >= 11 is 0. The lowest BCUT2D eigenvalue weighted by molar-refractivity contribution is 0.261. The van der Waals surface area contributed by atoms with E-state index in [-0.39, 0.29) is 12.5 Å². The van der Waals surface area contributed by atoms with E-state index >= 15 is 0 Å². The Morgan fingerprint density at radius 3 is 2.76 bits per heavy atom. The Morgan fingerprint density at radius 1 is 1.48 bits per heavy atom. The third-order valence-corrected chi connectivity index (χ3v) is 4.34. The van der Waals surface area contributed by atoms with Crippen LogP contribution in [0.15, 0.2) is 49.3 Å². The molecule has 0 aliphatic carbocycles. The molecule has 1 atom stereocenters. The monoisotopic (exact) mass is 283 g/mol. The van der Waals surface area contributed by atoms with Gasteiger partial charge in [-0.2, -0.15) is 0 Å². The van der Waals surface area contributed by atoms with Crippen LogP contribution in [0.25, 0.3) is 6.08 Å². The lowest BCUT2D eigenvalue weighted by Crippen LogP contribution is -2.24. The SMILES string of the molecule is C=Cc1cccc(CC)c1C(CO)C(=C)N1CCCC1=C. The highest BCUT2D eigenvalue weighted by atomic mass is 16.3. The van der Waals surface area contributed by atoms with Crippen LogP contribution in [0, 0.1) is 0 Å². The number of allylic oxidation sites excluding steroid dienone is 1. The summed E-state index contributed by atoms with van der Waals surface area (Å²) in [6, 6.07) is 6.22. The number of benzene rings is 1. The van der Waals surface area contributed by atoms with Crippen LogP contribution in [0.2, 0.25) is 0 Å². The van der Waals surface area contributed by atoms with Crippen molar-refractivity contribution in [3.63, 3.8) is 0 Å². The lowest BCUT2D eigenvalue weighted by Gasteiger charge is -2.30. The standard InChI is InChI=1S/C19H25NO/c1-5-16-10-7-11-17(6-2)19(16)18(13-21)15(4)20-12-8-9-14(20)3/h5,7,10-11,18,21H,1,3-4,6,8-9,12-13H2,2H3. The molecule has 1 aromatic rings. The number of nitrogens with zero attached hydrogens (tertiary/aromatic N) is 1. The van der Waals surface area contributed by atoms with E-state index < -0.39 is 0 Å². The summed E-state index contributed by atoms with van der Waals surface area (Å²) in [7, 11) is 0. The molecule has 1 saturated heterocycles. The van der Waals surface area contributed by atoms with Gasteiger partial charge in [-0.15, -0.1) is 0 Å². The number of likely N-dealkylation sites (tertiary alicyclic amines) is 1. The Bertz CT molecular complexity index is 559. The van der Waals surface area contributed by atoms with Gasteiger partial charge in [-0.3, -0.25) is 0 Å². The zero-order valence-electron chi connectivity index (χ0n) is 12.9. The van der Waals surface area contributed by atoms with E-state index in [9.17, 15) is 5.11 Å². The summed E-state index contributed by atoms with van der Waals surface area (Å²) in [6.07, 6.45) is 4.92. The lowest BCUT2D eigenvalue weighted by atomic mass is 9.86. The topological polar surface area (TPSA) is 23.5 Å². The van der Waals surface area contributed by atoms with Crippen molar-refractivity contribution >= 4 is 6.08 Å². The molecule has 1 aromatic carbocycles. The zero-order chi connectivity index (χ0) is 15.4. The molecule has 1 heterocycles. The van der Waals surface area contributed by atoms with E-state index in [1.54, 1.807) is 0 Å². The summed E-state index contributed by atoms with van der Waals surface area (Å²) in [6.45, 7) is 15.4. The summed E-state index contributed by atoms with van der Waals surface area (Å²) in [5.41, 5.74) is 5.54. The van der Waals surface area contributed by atoms with Crippen LogP contribution in [0.3, 0.4) is 0 Å². The fourth-order valence-corrected chi connectivity index (χ4v) is 3.18. The number of aryl methyl sites for hydroxylation is 1. The van der Waals surface area contributed by atoms with E-state index in [1.165, 1.54) is 5.56 Å². The van der Waals surface area contributed by atoms with Gasteiger partial charge in [0.1, 0.15) is 0 Å².